The predicted octanol–water partition coefficient (Wildman–Crippen LogP) is 4.54. The first kappa shape index (κ1) is 19.2. The van der Waals surface area contributed by atoms with Crippen LogP contribution in [0.4, 0.5) is 4.39 Å². The lowest BCUT2D eigenvalue weighted by atomic mass is 9.94. The van der Waals surface area contributed by atoms with Gasteiger partial charge in [0.25, 0.3) is 0 Å². The molecule has 29 heavy (non-hydrogen) atoms. The van der Waals surface area contributed by atoms with Gasteiger partial charge in [-0.2, -0.15) is 0 Å². The van der Waals surface area contributed by atoms with E-state index in [0.717, 1.165) is 42.0 Å². The number of amides is 1. The smallest absolute Gasteiger partial charge is 0.227 e. The molecule has 0 spiro atoms. The number of halogens is 1. The number of aromatic nitrogens is 2. The number of carbonyl (C=O) groups is 1. The summed E-state index contributed by atoms with van der Waals surface area (Å²) in [6, 6.07) is 16.3. The SMILES string of the molecule is Cc1cccc(-c2nccc([C@H]3CCCN(C(=O)Cc4ccc(F)cc4)C3)n2)c1. The van der Waals surface area contributed by atoms with Crippen LogP contribution in [0.5, 0.6) is 0 Å². The molecular formula is C24H24FN3O. The maximum absolute atomic E-state index is 13.1. The van der Waals surface area contributed by atoms with Crippen molar-refractivity contribution in [2.24, 2.45) is 0 Å². The van der Waals surface area contributed by atoms with Gasteiger partial charge >= 0.3 is 0 Å². The van der Waals surface area contributed by atoms with E-state index in [-0.39, 0.29) is 17.6 Å². The predicted molar refractivity (Wildman–Crippen MR) is 111 cm³/mol. The zero-order chi connectivity index (χ0) is 20.2. The van der Waals surface area contributed by atoms with Crippen molar-refractivity contribution in [2.45, 2.75) is 32.1 Å². The van der Waals surface area contributed by atoms with Crippen molar-refractivity contribution in [1.29, 1.82) is 0 Å². The third-order valence-electron chi connectivity index (χ3n) is 5.41. The van der Waals surface area contributed by atoms with Gasteiger partial charge in [0.2, 0.25) is 5.91 Å². The van der Waals surface area contributed by atoms with E-state index in [2.05, 4.69) is 24.0 Å². The summed E-state index contributed by atoms with van der Waals surface area (Å²) in [5, 5.41) is 0. The summed E-state index contributed by atoms with van der Waals surface area (Å²) in [5.74, 6) is 0.718. The standard InChI is InChI=1S/C24H24FN3O/c1-17-4-2-5-19(14-17)24-26-12-11-22(27-24)20-6-3-13-28(16-20)23(29)15-18-7-9-21(25)10-8-18/h2,4-5,7-12,14,20H,3,6,13,15-16H2,1H3/t20-/m0/s1. The molecule has 1 amide bonds. The molecule has 1 aliphatic rings. The molecule has 0 radical (unpaired) electrons. The molecule has 0 bridgehead atoms. The second-order valence-electron chi connectivity index (χ2n) is 7.66. The molecule has 4 nitrogen and oxygen atoms in total. The van der Waals surface area contributed by atoms with Gasteiger partial charge in [0.15, 0.2) is 5.82 Å². The molecule has 1 atom stereocenters. The molecule has 0 N–H and O–H groups in total. The summed E-state index contributed by atoms with van der Waals surface area (Å²) >= 11 is 0. The van der Waals surface area contributed by atoms with Crippen molar-refractivity contribution in [3.8, 4) is 11.4 Å². The third kappa shape index (κ3) is 4.67. The molecule has 0 saturated carbocycles. The highest BCUT2D eigenvalue weighted by atomic mass is 19.1. The molecule has 1 aliphatic heterocycles. The normalized spacial score (nSPS) is 16.6. The van der Waals surface area contributed by atoms with E-state index in [4.69, 9.17) is 4.98 Å². The monoisotopic (exact) mass is 389 g/mol. The fourth-order valence-electron chi connectivity index (χ4n) is 3.86. The lowest BCUT2D eigenvalue weighted by molar-refractivity contribution is -0.131. The van der Waals surface area contributed by atoms with Crippen molar-refractivity contribution >= 4 is 5.91 Å². The van der Waals surface area contributed by atoms with E-state index in [1.807, 2.05) is 23.1 Å². The highest BCUT2D eigenvalue weighted by molar-refractivity contribution is 5.79. The van der Waals surface area contributed by atoms with Crippen LogP contribution in [0.25, 0.3) is 11.4 Å². The van der Waals surface area contributed by atoms with Crippen molar-refractivity contribution in [1.82, 2.24) is 14.9 Å². The summed E-state index contributed by atoms with van der Waals surface area (Å²) < 4.78 is 13.1. The quantitative estimate of drug-likeness (QED) is 0.658. The summed E-state index contributed by atoms with van der Waals surface area (Å²) in [4.78, 5) is 23.9. The Hall–Kier alpha value is -3.08. The Morgan fingerprint density at radius 2 is 2.00 bits per heavy atom. The van der Waals surface area contributed by atoms with Crippen LogP contribution in [0, 0.1) is 12.7 Å². The molecule has 1 aromatic heterocycles. The van der Waals surface area contributed by atoms with Crippen LogP contribution in [-0.4, -0.2) is 33.9 Å². The van der Waals surface area contributed by atoms with E-state index in [9.17, 15) is 9.18 Å². The molecule has 3 aromatic rings. The first-order valence-corrected chi connectivity index (χ1v) is 10.0. The van der Waals surface area contributed by atoms with Gasteiger partial charge in [-0.05, 0) is 49.6 Å². The van der Waals surface area contributed by atoms with Gasteiger partial charge < -0.3 is 4.90 Å². The average molecular weight is 389 g/mol. The number of likely N-dealkylation sites (tertiary alicyclic amines) is 1. The highest BCUT2D eigenvalue weighted by Gasteiger charge is 2.26. The van der Waals surface area contributed by atoms with E-state index < -0.39 is 0 Å². The Balaban J connectivity index is 1.47. The summed E-state index contributed by atoms with van der Waals surface area (Å²) in [6.07, 6.45) is 4.05. The molecule has 148 valence electrons. The second-order valence-corrected chi connectivity index (χ2v) is 7.66. The number of rotatable bonds is 4. The van der Waals surface area contributed by atoms with Gasteiger partial charge in [0.05, 0.1) is 6.42 Å². The first-order chi connectivity index (χ1) is 14.1. The minimum absolute atomic E-state index is 0.0780. The molecule has 1 fully saturated rings. The van der Waals surface area contributed by atoms with Gasteiger partial charge in [-0.3, -0.25) is 4.79 Å². The second kappa shape index (κ2) is 8.52. The molecule has 0 unspecified atom stereocenters. The topological polar surface area (TPSA) is 46.1 Å². The van der Waals surface area contributed by atoms with Gasteiger partial charge in [-0.1, -0.05) is 35.9 Å². The maximum atomic E-state index is 13.1. The fraction of sp³-hybridized carbons (Fsp3) is 0.292. The summed E-state index contributed by atoms with van der Waals surface area (Å²) in [6.45, 7) is 3.47. The molecule has 2 aromatic carbocycles. The molecule has 4 rings (SSSR count). The highest BCUT2D eigenvalue weighted by Crippen LogP contribution is 2.27. The minimum Gasteiger partial charge on any atom is -0.342 e. The van der Waals surface area contributed by atoms with Crippen LogP contribution < -0.4 is 0 Å². The molecule has 0 aliphatic carbocycles. The van der Waals surface area contributed by atoms with Gasteiger partial charge in [-0.15, -0.1) is 0 Å². The zero-order valence-electron chi connectivity index (χ0n) is 16.5. The van der Waals surface area contributed by atoms with Crippen LogP contribution in [-0.2, 0) is 11.2 Å². The first-order valence-electron chi connectivity index (χ1n) is 10.0. The largest absolute Gasteiger partial charge is 0.342 e. The molecule has 1 saturated heterocycles. The number of carbonyl (C=O) groups excluding carboxylic acids is 1. The van der Waals surface area contributed by atoms with Crippen LogP contribution in [0.2, 0.25) is 0 Å². The number of benzene rings is 2. The minimum atomic E-state index is -0.285. The van der Waals surface area contributed by atoms with E-state index in [0.29, 0.717) is 13.0 Å². The third-order valence-corrected chi connectivity index (χ3v) is 5.41. The van der Waals surface area contributed by atoms with Crippen LogP contribution in [0.1, 0.15) is 35.6 Å². The lowest BCUT2D eigenvalue weighted by Gasteiger charge is -2.32. The number of piperidine rings is 1. The Bertz CT molecular complexity index is 1000. The fourth-order valence-corrected chi connectivity index (χ4v) is 3.86. The number of aryl methyl sites for hydroxylation is 1. The van der Waals surface area contributed by atoms with Gasteiger partial charge in [0, 0.05) is 36.5 Å². The Labute approximate surface area is 170 Å². The molecule has 5 heteroatoms. The zero-order valence-corrected chi connectivity index (χ0v) is 16.5. The van der Waals surface area contributed by atoms with Crippen molar-refractivity contribution in [3.05, 3.63) is 83.4 Å². The van der Waals surface area contributed by atoms with E-state index in [1.165, 1.54) is 17.7 Å². The van der Waals surface area contributed by atoms with E-state index >= 15 is 0 Å². The summed E-state index contributed by atoms with van der Waals surface area (Å²) in [5.41, 5.74) is 4.00. The van der Waals surface area contributed by atoms with Crippen LogP contribution >= 0.6 is 0 Å². The van der Waals surface area contributed by atoms with Crippen LogP contribution in [0.3, 0.4) is 0 Å². The van der Waals surface area contributed by atoms with Crippen molar-refractivity contribution in [3.63, 3.8) is 0 Å². The van der Waals surface area contributed by atoms with Gasteiger partial charge in [0.1, 0.15) is 5.82 Å². The Morgan fingerprint density at radius 1 is 1.17 bits per heavy atom. The van der Waals surface area contributed by atoms with Crippen molar-refractivity contribution in [2.75, 3.05) is 13.1 Å². The molecule has 2 heterocycles. The number of nitrogens with zero attached hydrogens (tertiary/aromatic N) is 3. The number of hydrogen-bond acceptors (Lipinski definition) is 3. The van der Waals surface area contributed by atoms with Gasteiger partial charge in [-0.25, -0.2) is 14.4 Å². The Morgan fingerprint density at radius 3 is 2.79 bits per heavy atom. The molecular weight excluding hydrogens is 365 g/mol. The van der Waals surface area contributed by atoms with E-state index in [1.54, 1.807) is 18.3 Å². The lowest BCUT2D eigenvalue weighted by Crippen LogP contribution is -2.40. The summed E-state index contributed by atoms with van der Waals surface area (Å²) in [7, 11) is 0. The Kier molecular flexibility index (Phi) is 5.65. The number of hydrogen-bond donors (Lipinski definition) is 0. The van der Waals surface area contributed by atoms with Crippen LogP contribution in [0.15, 0.2) is 60.8 Å². The maximum Gasteiger partial charge on any atom is 0.227 e. The average Bonchev–Trinajstić information content (AvgIpc) is 2.75. The van der Waals surface area contributed by atoms with Crippen molar-refractivity contribution < 1.29 is 9.18 Å².